The molecule has 2 heterocycles. The van der Waals surface area contributed by atoms with E-state index in [1.54, 1.807) is 4.90 Å². The van der Waals surface area contributed by atoms with Gasteiger partial charge in [-0.25, -0.2) is 0 Å². The molecule has 0 spiro atoms. The summed E-state index contributed by atoms with van der Waals surface area (Å²) in [6.07, 6.45) is 1.37. The molecule has 1 fully saturated rings. The average molecular weight is 312 g/mol. The van der Waals surface area contributed by atoms with Gasteiger partial charge in [0.1, 0.15) is 0 Å². The van der Waals surface area contributed by atoms with E-state index in [9.17, 15) is 9.59 Å². The lowest BCUT2D eigenvalue weighted by molar-refractivity contribution is -0.158. The number of likely N-dealkylation sites (tertiary alicyclic amines) is 1. The number of piperidine rings is 1. The van der Waals surface area contributed by atoms with Gasteiger partial charge in [0, 0.05) is 22.9 Å². The van der Waals surface area contributed by atoms with Gasteiger partial charge in [-0.3, -0.25) is 19.9 Å². The number of carbonyl (C=O) groups excluding carboxylic acids is 2. The highest BCUT2D eigenvalue weighted by Gasteiger charge is 2.48. The number of nitrogens with one attached hydrogen (secondary N) is 1. The van der Waals surface area contributed by atoms with Gasteiger partial charge < -0.3 is 10.6 Å². The van der Waals surface area contributed by atoms with Crippen molar-refractivity contribution >= 4 is 28.7 Å². The first-order chi connectivity index (χ1) is 9.63. The highest BCUT2D eigenvalue weighted by atomic mass is 32.2. The lowest BCUT2D eigenvalue weighted by Gasteiger charge is -2.54. The summed E-state index contributed by atoms with van der Waals surface area (Å²) < 4.78 is 0. The molecule has 2 aliphatic rings. The number of carbonyl (C=O) groups is 2. The van der Waals surface area contributed by atoms with Crippen LogP contribution >= 0.6 is 11.8 Å². The Morgan fingerprint density at radius 3 is 2.33 bits per heavy atom. The molecule has 2 aliphatic heterocycles. The van der Waals surface area contributed by atoms with E-state index in [0.29, 0.717) is 24.6 Å². The summed E-state index contributed by atoms with van der Waals surface area (Å²) in [5.74, 6) is -0.272. The molecule has 0 bridgehead atoms. The second-order valence-corrected chi connectivity index (χ2v) is 8.01. The zero-order valence-electron chi connectivity index (χ0n) is 13.1. The highest BCUT2D eigenvalue weighted by Crippen LogP contribution is 2.37. The van der Waals surface area contributed by atoms with Gasteiger partial charge in [0.05, 0.1) is 6.54 Å². The molecule has 0 unspecified atom stereocenters. The minimum Gasteiger partial charge on any atom is -0.328 e. The van der Waals surface area contributed by atoms with E-state index >= 15 is 0 Å². The van der Waals surface area contributed by atoms with Crippen LogP contribution in [0.1, 0.15) is 40.5 Å². The average Bonchev–Trinajstić information content (AvgIpc) is 2.77. The first-order valence-electron chi connectivity index (χ1n) is 7.22. The Hall–Kier alpha value is -1.08. The van der Waals surface area contributed by atoms with Crippen LogP contribution in [0.15, 0.2) is 4.99 Å². The molecule has 6 nitrogen and oxygen atoms in total. The van der Waals surface area contributed by atoms with Crippen molar-refractivity contribution in [1.29, 1.82) is 0 Å². The molecule has 1 saturated heterocycles. The lowest BCUT2D eigenvalue weighted by Crippen LogP contribution is -2.67. The Morgan fingerprint density at radius 1 is 1.29 bits per heavy atom. The Labute approximate surface area is 129 Å². The summed E-state index contributed by atoms with van der Waals surface area (Å²) in [6, 6.07) is 0.0388. The summed E-state index contributed by atoms with van der Waals surface area (Å²) in [5.41, 5.74) is 5.21. The van der Waals surface area contributed by atoms with E-state index in [1.807, 2.05) is 27.7 Å². The second kappa shape index (κ2) is 5.61. The Bertz CT molecular complexity index is 469. The van der Waals surface area contributed by atoms with Crippen molar-refractivity contribution in [2.45, 2.75) is 57.7 Å². The van der Waals surface area contributed by atoms with Crippen molar-refractivity contribution in [3.05, 3.63) is 0 Å². The van der Waals surface area contributed by atoms with E-state index in [0.717, 1.165) is 5.75 Å². The number of hydrogen-bond acceptors (Lipinski definition) is 5. The largest absolute Gasteiger partial charge is 0.328 e. The zero-order valence-corrected chi connectivity index (χ0v) is 13.9. The normalized spacial score (nSPS) is 24.6. The van der Waals surface area contributed by atoms with Gasteiger partial charge in [-0.15, -0.1) is 0 Å². The van der Waals surface area contributed by atoms with E-state index in [2.05, 4.69) is 10.3 Å². The molecule has 21 heavy (non-hydrogen) atoms. The molecule has 2 amide bonds. The van der Waals surface area contributed by atoms with Crippen molar-refractivity contribution in [2.75, 3.05) is 12.3 Å². The minimum atomic E-state index is -0.611. The fourth-order valence-electron chi connectivity index (χ4n) is 3.57. The van der Waals surface area contributed by atoms with Crippen molar-refractivity contribution in [3.63, 3.8) is 0 Å². The van der Waals surface area contributed by atoms with Crippen LogP contribution in [0.3, 0.4) is 0 Å². The third kappa shape index (κ3) is 3.40. The number of amidine groups is 1. The van der Waals surface area contributed by atoms with Gasteiger partial charge in [0.25, 0.3) is 0 Å². The monoisotopic (exact) mass is 312 g/mol. The SMILES string of the molecule is CC1(C)CC(N)CC(C)(C)N1C(=O)C(=O)NC1=NCCS1. The number of amides is 2. The minimum absolute atomic E-state index is 0.0388. The predicted octanol–water partition coefficient (Wildman–Crippen LogP) is 0.712. The maximum absolute atomic E-state index is 12.6. The fourth-order valence-corrected chi connectivity index (χ4v) is 4.29. The number of nitrogens with two attached hydrogens (primary N) is 1. The highest BCUT2D eigenvalue weighted by molar-refractivity contribution is 8.14. The van der Waals surface area contributed by atoms with Crippen LogP contribution in [-0.4, -0.2) is 51.3 Å². The van der Waals surface area contributed by atoms with Crippen LogP contribution < -0.4 is 11.1 Å². The summed E-state index contributed by atoms with van der Waals surface area (Å²) >= 11 is 1.46. The number of thioether (sulfide) groups is 1. The topological polar surface area (TPSA) is 87.8 Å². The van der Waals surface area contributed by atoms with E-state index in [-0.39, 0.29) is 6.04 Å². The van der Waals surface area contributed by atoms with Crippen LogP contribution in [0.25, 0.3) is 0 Å². The molecule has 118 valence electrons. The predicted molar refractivity (Wildman–Crippen MR) is 85.1 cm³/mol. The van der Waals surface area contributed by atoms with Gasteiger partial charge >= 0.3 is 11.8 Å². The van der Waals surface area contributed by atoms with E-state index in [1.165, 1.54) is 11.8 Å². The lowest BCUT2D eigenvalue weighted by atomic mass is 9.77. The van der Waals surface area contributed by atoms with E-state index in [4.69, 9.17) is 5.73 Å². The molecule has 7 heteroatoms. The number of rotatable bonds is 0. The van der Waals surface area contributed by atoms with Gasteiger partial charge in [0.15, 0.2) is 5.17 Å². The Morgan fingerprint density at radius 2 is 1.86 bits per heavy atom. The smallest absolute Gasteiger partial charge is 0.315 e. The van der Waals surface area contributed by atoms with Crippen LogP contribution in [0.5, 0.6) is 0 Å². The van der Waals surface area contributed by atoms with Crippen molar-refractivity contribution in [3.8, 4) is 0 Å². The molecule has 2 rings (SSSR count). The Kier molecular flexibility index (Phi) is 4.35. The van der Waals surface area contributed by atoms with Crippen molar-refractivity contribution in [2.24, 2.45) is 10.7 Å². The first-order valence-corrected chi connectivity index (χ1v) is 8.20. The standard InChI is InChI=1S/C14H24N4O2S/c1-13(2)7-9(15)8-14(3,4)18(13)11(20)10(19)17-12-16-5-6-21-12/h9H,5-8,15H2,1-4H3,(H,16,17,19). The maximum atomic E-state index is 12.6. The molecule has 0 aliphatic carbocycles. The third-order valence-electron chi connectivity index (χ3n) is 3.94. The zero-order chi connectivity index (χ0) is 15.8. The quantitative estimate of drug-likeness (QED) is 0.645. The van der Waals surface area contributed by atoms with Crippen LogP contribution in [0, 0.1) is 0 Å². The molecule has 0 aromatic heterocycles. The second-order valence-electron chi connectivity index (χ2n) is 6.92. The molecule has 0 saturated carbocycles. The third-order valence-corrected chi connectivity index (χ3v) is 4.83. The molecule has 0 aromatic carbocycles. The summed E-state index contributed by atoms with van der Waals surface area (Å²) in [7, 11) is 0. The number of hydrogen-bond donors (Lipinski definition) is 2. The van der Waals surface area contributed by atoms with Gasteiger partial charge in [0.2, 0.25) is 0 Å². The number of aliphatic imine (C=N–C) groups is 1. The Balaban J connectivity index is 2.17. The van der Waals surface area contributed by atoms with Gasteiger partial charge in [-0.2, -0.15) is 0 Å². The van der Waals surface area contributed by atoms with Crippen LogP contribution in [0.2, 0.25) is 0 Å². The van der Waals surface area contributed by atoms with Gasteiger partial charge in [-0.05, 0) is 40.5 Å². The molecular formula is C14H24N4O2S. The first kappa shape index (κ1) is 16.3. The maximum Gasteiger partial charge on any atom is 0.315 e. The molecule has 0 aromatic rings. The fraction of sp³-hybridized carbons (Fsp3) is 0.786. The summed E-state index contributed by atoms with van der Waals surface area (Å²) in [6.45, 7) is 8.52. The van der Waals surface area contributed by atoms with Crippen LogP contribution in [0.4, 0.5) is 0 Å². The van der Waals surface area contributed by atoms with Gasteiger partial charge in [-0.1, -0.05) is 11.8 Å². The van der Waals surface area contributed by atoms with Crippen molar-refractivity contribution in [1.82, 2.24) is 10.2 Å². The van der Waals surface area contributed by atoms with E-state index < -0.39 is 22.9 Å². The molecular weight excluding hydrogens is 288 g/mol. The van der Waals surface area contributed by atoms with Crippen LogP contribution in [-0.2, 0) is 9.59 Å². The summed E-state index contributed by atoms with van der Waals surface area (Å²) in [4.78, 5) is 30.7. The number of nitrogens with zero attached hydrogens (tertiary/aromatic N) is 2. The molecule has 0 radical (unpaired) electrons. The summed E-state index contributed by atoms with van der Waals surface area (Å²) in [5, 5.41) is 3.15. The molecule has 0 atom stereocenters. The van der Waals surface area contributed by atoms with Crippen molar-refractivity contribution < 1.29 is 9.59 Å². The molecule has 3 N–H and O–H groups in total.